The number of rotatable bonds is 1. The van der Waals surface area contributed by atoms with Gasteiger partial charge in [-0.2, -0.15) is 0 Å². The van der Waals surface area contributed by atoms with Crippen LogP contribution in [-0.4, -0.2) is 5.60 Å². The highest BCUT2D eigenvalue weighted by atomic mass is 16.5. The van der Waals surface area contributed by atoms with Crippen molar-refractivity contribution in [3.8, 4) is 5.75 Å². The number of hydrogen-bond donors (Lipinski definition) is 0. The van der Waals surface area contributed by atoms with Gasteiger partial charge in [-0.3, -0.25) is 0 Å². The van der Waals surface area contributed by atoms with Crippen LogP contribution >= 0.6 is 0 Å². The zero-order valence-electron chi connectivity index (χ0n) is 9.14. The van der Waals surface area contributed by atoms with Crippen LogP contribution in [0.5, 0.6) is 5.75 Å². The molecule has 1 nitrogen and oxygen atoms in total. The fourth-order valence-electron chi connectivity index (χ4n) is 1.16. The van der Waals surface area contributed by atoms with Crippen molar-refractivity contribution in [2.75, 3.05) is 0 Å². The maximum atomic E-state index is 5.81. The van der Waals surface area contributed by atoms with Crippen LogP contribution in [0.25, 0.3) is 0 Å². The molecule has 0 unspecified atom stereocenters. The molecule has 0 saturated carbocycles. The number of benzene rings is 1. The van der Waals surface area contributed by atoms with Crippen LogP contribution in [0.3, 0.4) is 0 Å². The standard InChI is InChI=1S/C12H18O/c1-9-7-6-8-11(10(9)2)13-12(3,4)5/h6-8H,1-5H3. The first-order chi connectivity index (χ1) is 5.90. The van der Waals surface area contributed by atoms with Crippen molar-refractivity contribution in [2.24, 2.45) is 0 Å². The van der Waals surface area contributed by atoms with E-state index in [1.807, 2.05) is 12.1 Å². The average Bonchev–Trinajstić information content (AvgIpc) is 1.96. The lowest BCUT2D eigenvalue weighted by molar-refractivity contribution is 0.130. The van der Waals surface area contributed by atoms with Gasteiger partial charge in [-0.05, 0) is 51.8 Å². The van der Waals surface area contributed by atoms with Crippen LogP contribution in [0, 0.1) is 13.8 Å². The predicted molar refractivity (Wildman–Crippen MR) is 56.3 cm³/mol. The van der Waals surface area contributed by atoms with Gasteiger partial charge in [0.1, 0.15) is 11.4 Å². The van der Waals surface area contributed by atoms with Gasteiger partial charge in [0.2, 0.25) is 0 Å². The molecule has 0 aromatic heterocycles. The number of hydrogen-bond acceptors (Lipinski definition) is 1. The Balaban J connectivity index is 2.96. The number of aryl methyl sites for hydroxylation is 1. The molecule has 0 bridgehead atoms. The summed E-state index contributed by atoms with van der Waals surface area (Å²) in [6, 6.07) is 6.15. The van der Waals surface area contributed by atoms with Gasteiger partial charge in [0, 0.05) is 0 Å². The summed E-state index contributed by atoms with van der Waals surface area (Å²) in [5, 5.41) is 0. The molecule has 0 aliphatic heterocycles. The highest BCUT2D eigenvalue weighted by Crippen LogP contribution is 2.24. The van der Waals surface area contributed by atoms with Crippen molar-refractivity contribution in [1.29, 1.82) is 0 Å². The Labute approximate surface area is 80.7 Å². The summed E-state index contributed by atoms with van der Waals surface area (Å²) in [4.78, 5) is 0. The Hall–Kier alpha value is -0.980. The van der Waals surface area contributed by atoms with E-state index in [-0.39, 0.29) is 5.60 Å². The van der Waals surface area contributed by atoms with Gasteiger partial charge < -0.3 is 4.74 Å². The lowest BCUT2D eigenvalue weighted by atomic mass is 10.1. The van der Waals surface area contributed by atoms with Gasteiger partial charge in [0.05, 0.1) is 0 Å². The molecule has 0 aliphatic carbocycles. The molecule has 1 aromatic carbocycles. The minimum absolute atomic E-state index is 0.113. The van der Waals surface area contributed by atoms with Crippen LogP contribution < -0.4 is 4.74 Å². The first-order valence-electron chi connectivity index (χ1n) is 4.65. The van der Waals surface area contributed by atoms with Gasteiger partial charge >= 0.3 is 0 Å². The van der Waals surface area contributed by atoms with E-state index in [1.165, 1.54) is 11.1 Å². The molecule has 0 fully saturated rings. The molecule has 1 aromatic rings. The molecular weight excluding hydrogens is 160 g/mol. The Morgan fingerprint density at radius 2 is 1.69 bits per heavy atom. The summed E-state index contributed by atoms with van der Waals surface area (Å²) >= 11 is 0. The third-order valence-corrected chi connectivity index (χ3v) is 1.97. The first kappa shape index (κ1) is 10.1. The van der Waals surface area contributed by atoms with E-state index >= 15 is 0 Å². The topological polar surface area (TPSA) is 9.23 Å². The summed E-state index contributed by atoms with van der Waals surface area (Å²) in [5.41, 5.74) is 2.40. The van der Waals surface area contributed by atoms with E-state index in [1.54, 1.807) is 0 Å². The molecule has 0 radical (unpaired) electrons. The van der Waals surface area contributed by atoms with Crippen molar-refractivity contribution in [3.63, 3.8) is 0 Å². The van der Waals surface area contributed by atoms with Crippen molar-refractivity contribution in [1.82, 2.24) is 0 Å². The fraction of sp³-hybridized carbons (Fsp3) is 0.500. The van der Waals surface area contributed by atoms with Gasteiger partial charge in [-0.1, -0.05) is 12.1 Å². The van der Waals surface area contributed by atoms with Crippen LogP contribution in [0.1, 0.15) is 31.9 Å². The normalized spacial score (nSPS) is 11.5. The van der Waals surface area contributed by atoms with Gasteiger partial charge in [0.15, 0.2) is 0 Å². The Morgan fingerprint density at radius 3 is 2.23 bits per heavy atom. The molecule has 0 atom stereocenters. The van der Waals surface area contributed by atoms with Crippen molar-refractivity contribution in [2.45, 2.75) is 40.2 Å². The third-order valence-electron chi connectivity index (χ3n) is 1.97. The predicted octanol–water partition coefficient (Wildman–Crippen LogP) is 3.48. The zero-order chi connectivity index (χ0) is 10.1. The molecule has 0 N–H and O–H groups in total. The van der Waals surface area contributed by atoms with Gasteiger partial charge in [0.25, 0.3) is 0 Å². The summed E-state index contributed by atoms with van der Waals surface area (Å²) in [5.74, 6) is 0.993. The van der Waals surface area contributed by atoms with Crippen molar-refractivity contribution in [3.05, 3.63) is 29.3 Å². The smallest absolute Gasteiger partial charge is 0.123 e. The summed E-state index contributed by atoms with van der Waals surface area (Å²) in [7, 11) is 0. The molecule has 0 heterocycles. The molecule has 72 valence electrons. The van der Waals surface area contributed by atoms with Gasteiger partial charge in [-0.15, -0.1) is 0 Å². The molecular formula is C12H18O. The van der Waals surface area contributed by atoms with Crippen molar-refractivity contribution >= 4 is 0 Å². The minimum Gasteiger partial charge on any atom is -0.488 e. The van der Waals surface area contributed by atoms with Gasteiger partial charge in [-0.25, -0.2) is 0 Å². The van der Waals surface area contributed by atoms with E-state index in [4.69, 9.17) is 4.74 Å². The van der Waals surface area contributed by atoms with E-state index in [2.05, 4.69) is 40.7 Å². The maximum Gasteiger partial charge on any atom is 0.123 e. The largest absolute Gasteiger partial charge is 0.488 e. The molecule has 0 aliphatic rings. The first-order valence-corrected chi connectivity index (χ1v) is 4.65. The highest BCUT2D eigenvalue weighted by molar-refractivity contribution is 5.38. The Morgan fingerprint density at radius 1 is 1.08 bits per heavy atom. The fourth-order valence-corrected chi connectivity index (χ4v) is 1.16. The quantitative estimate of drug-likeness (QED) is 0.639. The van der Waals surface area contributed by atoms with Crippen molar-refractivity contribution < 1.29 is 4.74 Å². The van der Waals surface area contributed by atoms with E-state index in [9.17, 15) is 0 Å². The molecule has 1 rings (SSSR count). The zero-order valence-corrected chi connectivity index (χ0v) is 9.14. The maximum absolute atomic E-state index is 5.81. The molecule has 1 heteroatoms. The second-order valence-corrected chi connectivity index (χ2v) is 4.41. The van der Waals surface area contributed by atoms with E-state index in [0.717, 1.165) is 5.75 Å². The monoisotopic (exact) mass is 178 g/mol. The average molecular weight is 178 g/mol. The molecule has 0 amide bonds. The number of ether oxygens (including phenoxy) is 1. The van der Waals surface area contributed by atoms with Crippen LogP contribution in [-0.2, 0) is 0 Å². The molecule has 13 heavy (non-hydrogen) atoms. The summed E-state index contributed by atoms with van der Waals surface area (Å²) < 4.78 is 5.81. The van der Waals surface area contributed by atoms with Crippen LogP contribution in [0.4, 0.5) is 0 Å². The van der Waals surface area contributed by atoms with E-state index < -0.39 is 0 Å². The molecule has 0 saturated heterocycles. The van der Waals surface area contributed by atoms with Crippen LogP contribution in [0.2, 0.25) is 0 Å². The minimum atomic E-state index is -0.113. The summed E-state index contributed by atoms with van der Waals surface area (Å²) in [6.45, 7) is 10.4. The Bertz CT molecular complexity index is 294. The van der Waals surface area contributed by atoms with E-state index in [0.29, 0.717) is 0 Å². The molecule has 0 spiro atoms. The lowest BCUT2D eigenvalue weighted by Gasteiger charge is -2.23. The third kappa shape index (κ3) is 2.76. The second-order valence-electron chi connectivity index (χ2n) is 4.41. The SMILES string of the molecule is Cc1cccc(OC(C)(C)C)c1C. The lowest BCUT2D eigenvalue weighted by Crippen LogP contribution is -2.23. The second kappa shape index (κ2) is 3.41. The summed E-state index contributed by atoms with van der Waals surface area (Å²) in [6.07, 6.45) is 0. The highest BCUT2D eigenvalue weighted by Gasteiger charge is 2.13. The Kier molecular flexibility index (Phi) is 2.65. The van der Waals surface area contributed by atoms with Crippen LogP contribution in [0.15, 0.2) is 18.2 Å².